The number of amides is 1. The molecule has 0 aliphatic rings. The van der Waals surface area contributed by atoms with Crippen LogP contribution >= 0.6 is 38.5 Å². The maximum Gasteiger partial charge on any atom is 0.275 e. The minimum Gasteiger partial charge on any atom is -0.507 e. The van der Waals surface area contributed by atoms with E-state index in [9.17, 15) is 9.90 Å². The Morgan fingerprint density at radius 3 is 2.83 bits per heavy atom. The predicted molar refractivity (Wildman–Crippen MR) is 106 cm³/mol. The van der Waals surface area contributed by atoms with Gasteiger partial charge in [-0.25, -0.2) is 5.43 Å². The molecule has 5 nitrogen and oxygen atoms in total. The minimum absolute atomic E-state index is 0.0938. The third kappa shape index (κ3) is 3.62. The van der Waals surface area contributed by atoms with Gasteiger partial charge < -0.3 is 10.1 Å². The van der Waals surface area contributed by atoms with Gasteiger partial charge in [0, 0.05) is 18.9 Å². The van der Waals surface area contributed by atoms with Gasteiger partial charge in [-0.3, -0.25) is 4.79 Å². The Bertz CT molecular complexity index is 966. The summed E-state index contributed by atoms with van der Waals surface area (Å²) in [6.45, 7) is 1.80. The lowest BCUT2D eigenvalue weighted by Crippen LogP contribution is -2.19. The number of carbonyl (C=O) groups excluding carboxylic acids is 1. The number of aromatic hydroxyl groups is 1. The Labute approximate surface area is 160 Å². The normalized spacial score (nSPS) is 11.7. The van der Waals surface area contributed by atoms with Gasteiger partial charge in [0.25, 0.3) is 5.91 Å². The van der Waals surface area contributed by atoms with Crippen LogP contribution in [0.2, 0.25) is 0 Å². The molecular formula is C17H13BrIN3O2. The van der Waals surface area contributed by atoms with Crippen LogP contribution in [0.15, 0.2) is 52.0 Å². The summed E-state index contributed by atoms with van der Waals surface area (Å²) in [6, 6.07) is 12.7. The number of rotatable bonds is 3. The lowest BCUT2D eigenvalue weighted by Gasteiger charge is -2.04. The molecule has 0 unspecified atom stereocenters. The van der Waals surface area contributed by atoms with E-state index in [1.54, 1.807) is 19.1 Å². The van der Waals surface area contributed by atoms with Crippen LogP contribution in [0.4, 0.5) is 0 Å². The van der Waals surface area contributed by atoms with Crippen molar-refractivity contribution in [1.29, 1.82) is 0 Å². The molecule has 0 atom stereocenters. The summed E-state index contributed by atoms with van der Waals surface area (Å²) in [5, 5.41) is 15.0. The fourth-order valence-electron chi connectivity index (χ4n) is 2.24. The standard InChI is InChI=1S/C17H13BrIN3O2/c1-9(15-7-10-6-12(19)3-4-14(10)20-15)21-22-17(24)13-8-11(18)2-5-16(13)23/h2-8,20,23H,1H3,(H,22,24)/b21-9+. The highest BCUT2D eigenvalue weighted by molar-refractivity contribution is 14.1. The van der Waals surface area contributed by atoms with Crippen molar-refractivity contribution in [2.75, 3.05) is 0 Å². The van der Waals surface area contributed by atoms with Gasteiger partial charge in [0.1, 0.15) is 5.75 Å². The zero-order valence-electron chi connectivity index (χ0n) is 12.6. The number of carbonyl (C=O) groups is 1. The second-order valence-corrected chi connectivity index (χ2v) is 7.38. The molecule has 0 spiro atoms. The molecule has 0 saturated carbocycles. The van der Waals surface area contributed by atoms with Gasteiger partial charge in [0.05, 0.1) is 17.0 Å². The van der Waals surface area contributed by atoms with E-state index in [1.165, 1.54) is 6.07 Å². The Morgan fingerprint density at radius 1 is 1.25 bits per heavy atom. The summed E-state index contributed by atoms with van der Waals surface area (Å²) in [6.07, 6.45) is 0. The fourth-order valence-corrected chi connectivity index (χ4v) is 3.12. The highest BCUT2D eigenvalue weighted by Crippen LogP contribution is 2.22. The van der Waals surface area contributed by atoms with E-state index in [0.29, 0.717) is 10.2 Å². The summed E-state index contributed by atoms with van der Waals surface area (Å²) in [4.78, 5) is 15.4. The number of nitrogens with one attached hydrogen (secondary N) is 2. The minimum atomic E-state index is -0.473. The van der Waals surface area contributed by atoms with E-state index < -0.39 is 5.91 Å². The molecule has 3 rings (SSSR count). The first-order chi connectivity index (χ1) is 11.4. The molecule has 1 heterocycles. The van der Waals surface area contributed by atoms with Gasteiger partial charge in [-0.05, 0) is 72.0 Å². The number of fused-ring (bicyclic) bond motifs is 1. The SMILES string of the molecule is C/C(=N\NC(=O)c1cc(Br)ccc1O)c1cc2cc(I)ccc2[nH]1. The molecule has 0 aliphatic carbocycles. The highest BCUT2D eigenvalue weighted by Gasteiger charge is 2.11. The van der Waals surface area contributed by atoms with Crippen molar-refractivity contribution in [2.24, 2.45) is 5.10 Å². The fraction of sp³-hybridized carbons (Fsp3) is 0.0588. The number of nitrogens with zero attached hydrogens (tertiary/aromatic N) is 1. The first kappa shape index (κ1) is 17.0. The van der Waals surface area contributed by atoms with Crippen LogP contribution in [0.1, 0.15) is 23.0 Å². The van der Waals surface area contributed by atoms with E-state index in [4.69, 9.17) is 0 Å². The van der Waals surface area contributed by atoms with Crippen LogP contribution in [-0.2, 0) is 0 Å². The van der Waals surface area contributed by atoms with Gasteiger partial charge in [0.15, 0.2) is 0 Å². The second-order valence-electron chi connectivity index (χ2n) is 5.21. The number of benzene rings is 2. The second kappa shape index (κ2) is 6.94. The Morgan fingerprint density at radius 2 is 2.04 bits per heavy atom. The van der Waals surface area contributed by atoms with E-state index in [2.05, 4.69) is 60.1 Å². The van der Waals surface area contributed by atoms with Crippen molar-refractivity contribution < 1.29 is 9.90 Å². The molecule has 7 heteroatoms. The third-order valence-corrected chi connectivity index (χ3v) is 4.67. The number of H-pyrrole nitrogens is 1. The molecule has 1 aromatic heterocycles. The van der Waals surface area contributed by atoms with Gasteiger partial charge in [-0.15, -0.1) is 0 Å². The number of aromatic nitrogens is 1. The maximum absolute atomic E-state index is 12.2. The molecule has 0 radical (unpaired) electrons. The number of phenolic OH excluding ortho intramolecular Hbond substituents is 1. The van der Waals surface area contributed by atoms with Gasteiger partial charge in [0.2, 0.25) is 0 Å². The molecule has 3 aromatic rings. The first-order valence-corrected chi connectivity index (χ1v) is 8.93. The number of aromatic amines is 1. The van der Waals surface area contributed by atoms with Gasteiger partial charge in [-0.2, -0.15) is 5.10 Å². The van der Waals surface area contributed by atoms with Crippen LogP contribution in [0.25, 0.3) is 10.9 Å². The number of halogens is 2. The Kier molecular flexibility index (Phi) is 4.91. The van der Waals surface area contributed by atoms with Crippen molar-refractivity contribution in [1.82, 2.24) is 10.4 Å². The summed E-state index contributed by atoms with van der Waals surface area (Å²) >= 11 is 5.54. The molecule has 0 bridgehead atoms. The average Bonchev–Trinajstić information content (AvgIpc) is 2.97. The number of hydrogen-bond donors (Lipinski definition) is 3. The molecule has 3 N–H and O–H groups in total. The quantitative estimate of drug-likeness (QED) is 0.285. The first-order valence-electron chi connectivity index (χ1n) is 7.06. The highest BCUT2D eigenvalue weighted by atomic mass is 127. The van der Waals surface area contributed by atoms with Crippen molar-refractivity contribution >= 4 is 61.0 Å². The average molecular weight is 498 g/mol. The van der Waals surface area contributed by atoms with Crippen molar-refractivity contribution in [2.45, 2.75) is 6.92 Å². The largest absolute Gasteiger partial charge is 0.507 e. The molecule has 0 fully saturated rings. The Hall–Kier alpha value is -1.87. The molecule has 1 amide bonds. The summed E-state index contributed by atoms with van der Waals surface area (Å²) < 4.78 is 1.86. The van der Waals surface area contributed by atoms with Crippen LogP contribution < -0.4 is 5.43 Å². The van der Waals surface area contributed by atoms with Crippen LogP contribution in [0.3, 0.4) is 0 Å². The smallest absolute Gasteiger partial charge is 0.275 e. The molecule has 2 aromatic carbocycles. The number of hydrazone groups is 1. The molecule has 24 heavy (non-hydrogen) atoms. The third-order valence-electron chi connectivity index (χ3n) is 3.50. The monoisotopic (exact) mass is 497 g/mol. The van der Waals surface area contributed by atoms with Crippen LogP contribution in [-0.4, -0.2) is 21.7 Å². The van der Waals surface area contributed by atoms with E-state index >= 15 is 0 Å². The maximum atomic E-state index is 12.2. The van der Waals surface area contributed by atoms with Crippen molar-refractivity contribution in [3.05, 3.63) is 61.8 Å². The van der Waals surface area contributed by atoms with E-state index in [-0.39, 0.29) is 11.3 Å². The summed E-state index contributed by atoms with van der Waals surface area (Å²) in [5.74, 6) is -0.567. The lowest BCUT2D eigenvalue weighted by atomic mass is 10.2. The van der Waals surface area contributed by atoms with Crippen molar-refractivity contribution in [3.63, 3.8) is 0 Å². The topological polar surface area (TPSA) is 77.5 Å². The van der Waals surface area contributed by atoms with Gasteiger partial charge in [-0.1, -0.05) is 15.9 Å². The predicted octanol–water partition coefficient (Wildman–Crippen LogP) is 4.39. The van der Waals surface area contributed by atoms with Crippen LogP contribution in [0, 0.1) is 3.57 Å². The lowest BCUT2D eigenvalue weighted by molar-refractivity contribution is 0.0952. The molecule has 0 aliphatic heterocycles. The van der Waals surface area contributed by atoms with E-state index in [1.807, 2.05) is 18.2 Å². The summed E-state index contributed by atoms with van der Waals surface area (Å²) in [5.41, 5.74) is 5.10. The van der Waals surface area contributed by atoms with Crippen molar-refractivity contribution in [3.8, 4) is 5.75 Å². The number of hydrogen-bond acceptors (Lipinski definition) is 3. The van der Waals surface area contributed by atoms with Crippen LogP contribution in [0.5, 0.6) is 5.75 Å². The molecular weight excluding hydrogens is 485 g/mol. The zero-order chi connectivity index (χ0) is 17.3. The summed E-state index contributed by atoms with van der Waals surface area (Å²) in [7, 11) is 0. The number of phenols is 1. The van der Waals surface area contributed by atoms with E-state index in [0.717, 1.165) is 20.2 Å². The molecule has 0 saturated heterocycles. The zero-order valence-corrected chi connectivity index (χ0v) is 16.3. The molecule has 122 valence electrons. The van der Waals surface area contributed by atoms with Gasteiger partial charge >= 0.3 is 0 Å². The Balaban J connectivity index is 1.82.